The van der Waals surface area contributed by atoms with E-state index in [0.717, 1.165) is 5.69 Å². The van der Waals surface area contributed by atoms with Gasteiger partial charge in [0, 0.05) is 18.4 Å². The Morgan fingerprint density at radius 1 is 1.30 bits per heavy atom. The Kier molecular flexibility index (Phi) is 6.44. The molecule has 0 unspecified atom stereocenters. The Labute approximate surface area is 165 Å². The quantitative estimate of drug-likeness (QED) is 0.588. The van der Waals surface area contributed by atoms with E-state index in [1.54, 1.807) is 12.3 Å². The number of benzene rings is 1. The lowest BCUT2D eigenvalue weighted by Crippen LogP contribution is -2.14. The number of para-hydroxylation sites is 1. The highest BCUT2D eigenvalue weighted by Crippen LogP contribution is 2.29. The zero-order chi connectivity index (χ0) is 19.2. The van der Waals surface area contributed by atoms with Crippen LogP contribution in [0.15, 0.2) is 47.8 Å². The molecule has 27 heavy (non-hydrogen) atoms. The van der Waals surface area contributed by atoms with Crippen molar-refractivity contribution in [2.45, 2.75) is 25.2 Å². The second kappa shape index (κ2) is 8.98. The number of nitrogens with one attached hydrogen (secondary N) is 1. The maximum absolute atomic E-state index is 12.1. The van der Waals surface area contributed by atoms with E-state index in [1.807, 2.05) is 41.8 Å². The Morgan fingerprint density at radius 3 is 2.74 bits per heavy atom. The van der Waals surface area contributed by atoms with E-state index >= 15 is 0 Å². The minimum atomic E-state index is -0.182. The summed E-state index contributed by atoms with van der Waals surface area (Å²) in [6.07, 6.45) is 1.57. The number of nitrogens with zero attached hydrogens (tertiary/aromatic N) is 4. The molecule has 0 saturated heterocycles. The van der Waals surface area contributed by atoms with Crippen LogP contribution < -0.4 is 5.32 Å². The molecule has 2 aromatic heterocycles. The van der Waals surface area contributed by atoms with Crippen LogP contribution in [0.5, 0.6) is 0 Å². The molecule has 0 bridgehead atoms. The number of aliphatic hydroxyl groups excluding tert-OH is 1. The monoisotopic (exact) mass is 403 g/mol. The van der Waals surface area contributed by atoms with Gasteiger partial charge in [0.05, 0.1) is 28.6 Å². The van der Waals surface area contributed by atoms with Gasteiger partial charge in [-0.05, 0) is 25.1 Å². The summed E-state index contributed by atoms with van der Waals surface area (Å²) in [6, 6.07) is 10.9. The molecule has 0 aliphatic carbocycles. The highest BCUT2D eigenvalue weighted by atomic mass is 35.5. The van der Waals surface area contributed by atoms with Crippen molar-refractivity contribution in [3.8, 4) is 11.4 Å². The number of carbonyl (C=O) groups is 1. The Balaban J connectivity index is 1.73. The molecule has 0 saturated carbocycles. The maximum Gasteiger partial charge on any atom is 0.234 e. The zero-order valence-electron chi connectivity index (χ0n) is 14.6. The normalized spacial score (nSPS) is 10.8. The number of anilines is 1. The van der Waals surface area contributed by atoms with Crippen LogP contribution in [0, 0.1) is 0 Å². The molecule has 1 amide bonds. The average molecular weight is 404 g/mol. The lowest BCUT2D eigenvalue weighted by molar-refractivity contribution is -0.113. The summed E-state index contributed by atoms with van der Waals surface area (Å²) in [7, 11) is 0. The molecule has 0 radical (unpaired) electrons. The Hall–Kier alpha value is -2.42. The summed E-state index contributed by atoms with van der Waals surface area (Å²) < 4.78 is 1.88. The zero-order valence-corrected chi connectivity index (χ0v) is 16.2. The number of amides is 1. The number of hydrogen-bond acceptors (Lipinski definition) is 6. The number of rotatable bonds is 7. The molecule has 1 aromatic carbocycles. The number of halogens is 1. The van der Waals surface area contributed by atoms with Gasteiger partial charge in [0.2, 0.25) is 5.91 Å². The van der Waals surface area contributed by atoms with Gasteiger partial charge < -0.3 is 15.0 Å². The van der Waals surface area contributed by atoms with Crippen LogP contribution in [-0.2, 0) is 17.9 Å². The van der Waals surface area contributed by atoms with Crippen molar-refractivity contribution < 1.29 is 9.90 Å². The summed E-state index contributed by atoms with van der Waals surface area (Å²) >= 11 is 7.60. The van der Waals surface area contributed by atoms with Gasteiger partial charge in [0.15, 0.2) is 11.0 Å². The summed E-state index contributed by atoms with van der Waals surface area (Å²) in [6.45, 7) is 2.39. The second-order valence-corrected chi connectivity index (χ2v) is 6.92. The van der Waals surface area contributed by atoms with Crippen LogP contribution in [0.25, 0.3) is 11.4 Å². The molecule has 7 nitrogen and oxygen atoms in total. The van der Waals surface area contributed by atoms with Gasteiger partial charge in [-0.3, -0.25) is 9.78 Å². The first-order valence-corrected chi connectivity index (χ1v) is 9.65. The second-order valence-electron chi connectivity index (χ2n) is 5.57. The van der Waals surface area contributed by atoms with Crippen molar-refractivity contribution in [2.24, 2.45) is 0 Å². The van der Waals surface area contributed by atoms with Crippen molar-refractivity contribution in [2.75, 3.05) is 11.1 Å². The molecular formula is C18H18ClN5O2S. The standard InChI is InChI=1S/C18H18ClN5O2S/c1-2-24-17(14-9-20-13(10-25)8-15(14)19)22-23-18(24)27-11-16(26)21-12-6-4-3-5-7-12/h3-9,25H,2,10-11H2,1H3,(H,21,26). The third-order valence-corrected chi connectivity index (χ3v) is 5.02. The molecule has 0 fully saturated rings. The topological polar surface area (TPSA) is 92.9 Å². The number of carbonyl (C=O) groups excluding carboxylic acids is 1. The molecule has 3 aromatic rings. The van der Waals surface area contributed by atoms with Crippen molar-refractivity contribution in [3.05, 3.63) is 53.3 Å². The molecule has 0 atom stereocenters. The van der Waals surface area contributed by atoms with Gasteiger partial charge in [-0.1, -0.05) is 41.6 Å². The van der Waals surface area contributed by atoms with Crippen molar-refractivity contribution in [1.29, 1.82) is 0 Å². The molecule has 2 heterocycles. The van der Waals surface area contributed by atoms with Crippen LogP contribution in [0.4, 0.5) is 5.69 Å². The number of pyridine rings is 1. The Bertz CT molecular complexity index is 933. The molecule has 140 valence electrons. The van der Waals surface area contributed by atoms with Crippen LogP contribution in [0.1, 0.15) is 12.6 Å². The first-order chi connectivity index (χ1) is 13.1. The van der Waals surface area contributed by atoms with Crippen molar-refractivity contribution in [1.82, 2.24) is 19.7 Å². The van der Waals surface area contributed by atoms with E-state index < -0.39 is 0 Å². The lowest BCUT2D eigenvalue weighted by atomic mass is 10.2. The molecule has 9 heteroatoms. The summed E-state index contributed by atoms with van der Waals surface area (Å²) in [5.74, 6) is 0.665. The molecule has 0 aliphatic heterocycles. The van der Waals surface area contributed by atoms with Gasteiger partial charge in [-0.2, -0.15) is 0 Å². The van der Waals surface area contributed by atoms with Crippen LogP contribution in [0.2, 0.25) is 5.02 Å². The first-order valence-electron chi connectivity index (χ1n) is 8.29. The molecule has 3 rings (SSSR count). The summed E-state index contributed by atoms with van der Waals surface area (Å²) in [5, 5.41) is 21.5. The number of aliphatic hydroxyl groups is 1. The third kappa shape index (κ3) is 4.65. The van der Waals surface area contributed by atoms with E-state index in [0.29, 0.717) is 33.8 Å². The smallest absolute Gasteiger partial charge is 0.234 e. The van der Waals surface area contributed by atoms with E-state index in [2.05, 4.69) is 20.5 Å². The van der Waals surface area contributed by atoms with Gasteiger partial charge in [-0.15, -0.1) is 10.2 Å². The van der Waals surface area contributed by atoms with Gasteiger partial charge in [-0.25, -0.2) is 0 Å². The highest BCUT2D eigenvalue weighted by molar-refractivity contribution is 7.99. The number of aromatic nitrogens is 4. The average Bonchev–Trinajstić information content (AvgIpc) is 3.09. The molecule has 2 N–H and O–H groups in total. The van der Waals surface area contributed by atoms with Crippen LogP contribution >= 0.6 is 23.4 Å². The molecular weight excluding hydrogens is 386 g/mol. The number of thioether (sulfide) groups is 1. The first kappa shape index (κ1) is 19.3. The van der Waals surface area contributed by atoms with Gasteiger partial charge in [0.1, 0.15) is 0 Å². The van der Waals surface area contributed by atoms with Crippen molar-refractivity contribution >= 4 is 35.0 Å². The van der Waals surface area contributed by atoms with Gasteiger partial charge in [0.25, 0.3) is 0 Å². The van der Waals surface area contributed by atoms with Crippen LogP contribution in [-0.4, -0.2) is 36.5 Å². The lowest BCUT2D eigenvalue weighted by Gasteiger charge is -2.09. The van der Waals surface area contributed by atoms with Crippen LogP contribution in [0.3, 0.4) is 0 Å². The Morgan fingerprint density at radius 2 is 2.07 bits per heavy atom. The highest BCUT2D eigenvalue weighted by Gasteiger charge is 2.17. The molecule has 0 aliphatic rings. The minimum Gasteiger partial charge on any atom is -0.390 e. The summed E-state index contributed by atoms with van der Waals surface area (Å²) in [4.78, 5) is 16.3. The van der Waals surface area contributed by atoms with E-state index in [1.165, 1.54) is 11.8 Å². The fourth-order valence-corrected chi connectivity index (χ4v) is 3.51. The number of hydrogen-bond donors (Lipinski definition) is 2. The molecule has 0 spiro atoms. The predicted molar refractivity (Wildman–Crippen MR) is 106 cm³/mol. The van der Waals surface area contributed by atoms with E-state index in [-0.39, 0.29) is 18.3 Å². The SMILES string of the molecule is CCn1c(SCC(=O)Nc2ccccc2)nnc1-c1cnc(CO)cc1Cl. The minimum absolute atomic E-state index is 0.120. The predicted octanol–water partition coefficient (Wildman–Crippen LogP) is 3.24. The fraction of sp³-hybridized carbons (Fsp3) is 0.222. The van der Waals surface area contributed by atoms with E-state index in [4.69, 9.17) is 16.7 Å². The largest absolute Gasteiger partial charge is 0.390 e. The van der Waals surface area contributed by atoms with Gasteiger partial charge >= 0.3 is 0 Å². The summed E-state index contributed by atoms with van der Waals surface area (Å²) in [5.41, 5.74) is 1.87. The maximum atomic E-state index is 12.1. The van der Waals surface area contributed by atoms with E-state index in [9.17, 15) is 4.79 Å². The third-order valence-electron chi connectivity index (χ3n) is 3.74. The van der Waals surface area contributed by atoms with Crippen molar-refractivity contribution in [3.63, 3.8) is 0 Å². The fourth-order valence-electron chi connectivity index (χ4n) is 2.45.